The summed E-state index contributed by atoms with van der Waals surface area (Å²) in [6.07, 6.45) is 4.13. The van der Waals surface area contributed by atoms with Gasteiger partial charge in [-0.15, -0.1) is 11.3 Å². The second-order valence-corrected chi connectivity index (χ2v) is 8.51. The van der Waals surface area contributed by atoms with Gasteiger partial charge in [-0.05, 0) is 35.6 Å². The molecule has 5 rings (SSSR count). The Balaban J connectivity index is 1.33. The summed E-state index contributed by atoms with van der Waals surface area (Å²) < 4.78 is 18.7. The topological polar surface area (TPSA) is 51.9 Å². The van der Waals surface area contributed by atoms with E-state index in [4.69, 9.17) is 0 Å². The normalized spacial score (nSPS) is 11.2. The Hall–Kier alpha value is -3.71. The van der Waals surface area contributed by atoms with Crippen molar-refractivity contribution in [1.29, 1.82) is 0 Å². The van der Waals surface area contributed by atoms with Gasteiger partial charge in [-0.2, -0.15) is 5.10 Å². The van der Waals surface area contributed by atoms with Crippen molar-refractivity contribution in [2.24, 2.45) is 0 Å². The molecule has 0 aliphatic carbocycles. The molecule has 0 radical (unpaired) electrons. The number of aryl methyl sites for hydroxylation is 2. The minimum absolute atomic E-state index is 0.188. The Bertz CT molecular complexity index is 1370. The first-order valence-corrected chi connectivity index (χ1v) is 11.2. The summed E-state index contributed by atoms with van der Waals surface area (Å²) >= 11 is 1.62. The van der Waals surface area contributed by atoms with Gasteiger partial charge in [0.2, 0.25) is 0 Å². The van der Waals surface area contributed by atoms with Gasteiger partial charge >= 0.3 is 0 Å². The van der Waals surface area contributed by atoms with E-state index in [0.29, 0.717) is 30.0 Å². The van der Waals surface area contributed by atoms with Gasteiger partial charge in [-0.1, -0.05) is 48.5 Å². The van der Waals surface area contributed by atoms with Crippen molar-refractivity contribution >= 4 is 33.1 Å². The smallest absolute Gasteiger partial charge is 0.272 e. The predicted molar refractivity (Wildman–Crippen MR) is 126 cm³/mol. The van der Waals surface area contributed by atoms with Gasteiger partial charge in [-0.3, -0.25) is 9.48 Å². The largest absolute Gasteiger partial charge is 0.335 e. The fourth-order valence-corrected chi connectivity index (χ4v) is 4.62. The van der Waals surface area contributed by atoms with Crippen molar-refractivity contribution in [2.75, 3.05) is 5.32 Å². The molecule has 0 atom stereocenters. The highest BCUT2D eigenvalue weighted by molar-refractivity contribution is 7.17. The van der Waals surface area contributed by atoms with Crippen LogP contribution in [0.3, 0.4) is 0 Å². The number of rotatable bonds is 7. The van der Waals surface area contributed by atoms with Gasteiger partial charge in [0, 0.05) is 18.3 Å². The molecule has 32 heavy (non-hydrogen) atoms. The number of carbonyl (C=O) groups is 1. The zero-order valence-corrected chi connectivity index (χ0v) is 18.1. The van der Waals surface area contributed by atoms with E-state index in [0.717, 1.165) is 16.6 Å². The first-order valence-electron chi connectivity index (χ1n) is 10.4. The fourth-order valence-electron chi connectivity index (χ4n) is 3.80. The number of hydrogen-bond acceptors (Lipinski definition) is 3. The highest BCUT2D eigenvalue weighted by Gasteiger charge is 2.17. The third kappa shape index (κ3) is 4.20. The first kappa shape index (κ1) is 20.2. The highest BCUT2D eigenvalue weighted by atomic mass is 32.1. The second kappa shape index (κ2) is 8.80. The lowest BCUT2D eigenvalue weighted by molar-refractivity contribution is 0.101. The molecule has 5 aromatic rings. The Morgan fingerprint density at radius 3 is 2.72 bits per heavy atom. The summed E-state index contributed by atoms with van der Waals surface area (Å²) in [6.45, 7) is 1.01. The van der Waals surface area contributed by atoms with Crippen LogP contribution in [0.1, 0.15) is 21.6 Å². The average Bonchev–Trinajstić information content (AvgIpc) is 3.51. The van der Waals surface area contributed by atoms with Crippen LogP contribution in [0.4, 0.5) is 10.1 Å². The number of nitrogens with zero attached hydrogens (tertiary/aromatic N) is 3. The number of benzene rings is 2. The lowest BCUT2D eigenvalue weighted by atomic mass is 10.1. The van der Waals surface area contributed by atoms with Crippen LogP contribution in [0.15, 0.2) is 84.5 Å². The standard InChI is InChI=1S/C25H21FN4OS/c26-21-9-5-4-8-19(21)16-29-17-20(15-27-29)28-25(31)23-14-24-22(11-13-32-24)30(23)12-10-18-6-2-1-3-7-18/h1-9,11,13-15,17H,10,12,16H2,(H,28,31). The van der Waals surface area contributed by atoms with Crippen molar-refractivity contribution in [1.82, 2.24) is 14.3 Å². The number of halogens is 1. The quantitative estimate of drug-likeness (QED) is 0.356. The Morgan fingerprint density at radius 1 is 1.06 bits per heavy atom. The van der Waals surface area contributed by atoms with Crippen LogP contribution in [0, 0.1) is 5.82 Å². The summed E-state index contributed by atoms with van der Waals surface area (Å²) in [5.74, 6) is -0.461. The molecular weight excluding hydrogens is 423 g/mol. The van der Waals surface area contributed by atoms with E-state index in [1.54, 1.807) is 46.6 Å². The molecule has 0 fully saturated rings. The van der Waals surface area contributed by atoms with E-state index < -0.39 is 0 Å². The average molecular weight is 445 g/mol. The van der Waals surface area contributed by atoms with Crippen molar-refractivity contribution < 1.29 is 9.18 Å². The van der Waals surface area contributed by atoms with E-state index in [2.05, 4.69) is 27.1 Å². The first-order chi connectivity index (χ1) is 15.7. The van der Waals surface area contributed by atoms with Crippen LogP contribution in [0.2, 0.25) is 0 Å². The second-order valence-electron chi connectivity index (χ2n) is 7.56. The van der Waals surface area contributed by atoms with Crippen LogP contribution in [-0.2, 0) is 19.5 Å². The van der Waals surface area contributed by atoms with Crippen molar-refractivity contribution in [3.63, 3.8) is 0 Å². The van der Waals surface area contributed by atoms with E-state index in [-0.39, 0.29) is 11.7 Å². The van der Waals surface area contributed by atoms with E-state index in [1.807, 2.05) is 35.7 Å². The number of anilines is 1. The monoisotopic (exact) mass is 444 g/mol. The molecule has 7 heteroatoms. The Morgan fingerprint density at radius 2 is 1.88 bits per heavy atom. The lowest BCUT2D eigenvalue weighted by Crippen LogP contribution is -2.17. The predicted octanol–water partition coefficient (Wildman–Crippen LogP) is 5.58. The molecule has 2 aromatic carbocycles. The summed E-state index contributed by atoms with van der Waals surface area (Å²) in [7, 11) is 0. The maximum atomic E-state index is 13.9. The number of amides is 1. The van der Waals surface area contributed by atoms with Gasteiger partial charge in [0.25, 0.3) is 5.91 Å². The third-order valence-corrected chi connectivity index (χ3v) is 6.26. The molecule has 0 saturated carbocycles. The molecule has 5 nitrogen and oxygen atoms in total. The summed E-state index contributed by atoms with van der Waals surface area (Å²) in [5.41, 5.74) is 4.02. The molecule has 0 unspecified atom stereocenters. The summed E-state index contributed by atoms with van der Waals surface area (Å²) in [4.78, 5) is 13.1. The molecule has 0 spiro atoms. The molecule has 160 valence electrons. The van der Waals surface area contributed by atoms with E-state index >= 15 is 0 Å². The molecule has 0 saturated heterocycles. The van der Waals surface area contributed by atoms with Crippen molar-refractivity contribution in [3.05, 3.63) is 107 Å². The molecule has 0 aliphatic rings. The number of fused-ring (bicyclic) bond motifs is 1. The Labute approximate surface area is 188 Å². The maximum Gasteiger partial charge on any atom is 0.272 e. The zero-order valence-electron chi connectivity index (χ0n) is 17.2. The number of carbonyl (C=O) groups excluding carboxylic acids is 1. The van der Waals surface area contributed by atoms with Crippen LogP contribution in [0.5, 0.6) is 0 Å². The number of nitrogens with one attached hydrogen (secondary N) is 1. The number of thiophene rings is 1. The lowest BCUT2D eigenvalue weighted by Gasteiger charge is -2.10. The highest BCUT2D eigenvalue weighted by Crippen LogP contribution is 2.26. The maximum absolute atomic E-state index is 13.9. The third-order valence-electron chi connectivity index (χ3n) is 5.40. The van der Waals surface area contributed by atoms with Crippen LogP contribution in [-0.4, -0.2) is 20.3 Å². The Kier molecular flexibility index (Phi) is 5.56. The van der Waals surface area contributed by atoms with Gasteiger partial charge < -0.3 is 9.88 Å². The minimum Gasteiger partial charge on any atom is -0.335 e. The van der Waals surface area contributed by atoms with Gasteiger partial charge in [-0.25, -0.2) is 4.39 Å². The fraction of sp³-hybridized carbons (Fsp3) is 0.120. The molecule has 3 aromatic heterocycles. The van der Waals surface area contributed by atoms with Crippen LogP contribution < -0.4 is 5.32 Å². The van der Waals surface area contributed by atoms with E-state index in [1.165, 1.54) is 11.6 Å². The van der Waals surface area contributed by atoms with Crippen LogP contribution >= 0.6 is 11.3 Å². The molecule has 1 amide bonds. The van der Waals surface area contributed by atoms with E-state index in [9.17, 15) is 9.18 Å². The van der Waals surface area contributed by atoms with Gasteiger partial charge in [0.05, 0.1) is 28.6 Å². The molecular formula is C25H21FN4OS. The molecule has 0 aliphatic heterocycles. The number of aromatic nitrogens is 3. The molecule has 3 heterocycles. The van der Waals surface area contributed by atoms with Crippen LogP contribution in [0.25, 0.3) is 10.2 Å². The van der Waals surface area contributed by atoms with Gasteiger partial charge in [0.15, 0.2) is 0 Å². The molecule has 0 bridgehead atoms. The van der Waals surface area contributed by atoms with Gasteiger partial charge in [0.1, 0.15) is 11.5 Å². The zero-order chi connectivity index (χ0) is 21.9. The number of hydrogen-bond donors (Lipinski definition) is 1. The summed E-state index contributed by atoms with van der Waals surface area (Å²) in [5, 5.41) is 9.24. The SMILES string of the molecule is O=C(Nc1cnn(Cc2ccccc2F)c1)c1cc2sccc2n1CCc1ccccc1. The van der Waals surface area contributed by atoms with Crippen molar-refractivity contribution in [2.45, 2.75) is 19.5 Å². The minimum atomic E-state index is -0.273. The summed E-state index contributed by atoms with van der Waals surface area (Å²) in [6, 6.07) is 20.8. The van der Waals surface area contributed by atoms with Crippen molar-refractivity contribution in [3.8, 4) is 0 Å². The molecule has 1 N–H and O–H groups in total.